The Morgan fingerprint density at radius 2 is 1.97 bits per heavy atom. The molecule has 1 aromatic rings. The van der Waals surface area contributed by atoms with Gasteiger partial charge in [0.05, 0.1) is 23.7 Å². The van der Waals surface area contributed by atoms with Gasteiger partial charge in [0.2, 0.25) is 11.8 Å². The predicted molar refractivity (Wildman–Crippen MR) is 107 cm³/mol. The fraction of sp³-hybridized carbons (Fsp3) is 0.864. The maximum Gasteiger partial charge on any atom is 0.239 e. The lowest BCUT2D eigenvalue weighted by molar-refractivity contribution is -0.167. The van der Waals surface area contributed by atoms with Crippen LogP contribution in [0.1, 0.15) is 77.4 Å². The van der Waals surface area contributed by atoms with Crippen molar-refractivity contribution in [1.82, 2.24) is 20.4 Å². The van der Waals surface area contributed by atoms with E-state index < -0.39 is 0 Å². The molecule has 0 unspecified atom stereocenters. The zero-order chi connectivity index (χ0) is 20.4. The summed E-state index contributed by atoms with van der Waals surface area (Å²) in [5.74, 6) is 2.52. The average molecular weight is 403 g/mol. The van der Waals surface area contributed by atoms with E-state index in [9.17, 15) is 4.79 Å². The molecule has 4 aliphatic rings. The smallest absolute Gasteiger partial charge is 0.239 e. The molecule has 2 atom stereocenters. The van der Waals surface area contributed by atoms with Gasteiger partial charge in [-0.15, -0.1) is 0 Å². The highest BCUT2D eigenvalue weighted by molar-refractivity contribution is 5.83. The van der Waals surface area contributed by atoms with Crippen LogP contribution >= 0.6 is 0 Å². The summed E-state index contributed by atoms with van der Waals surface area (Å²) in [7, 11) is 0. The molecule has 5 rings (SSSR count). The highest BCUT2D eigenvalue weighted by Gasteiger charge is 2.54. The van der Waals surface area contributed by atoms with Crippen LogP contribution in [-0.2, 0) is 14.9 Å². The van der Waals surface area contributed by atoms with Gasteiger partial charge in [-0.3, -0.25) is 4.79 Å². The first kappa shape index (κ1) is 19.5. The van der Waals surface area contributed by atoms with E-state index in [1.165, 1.54) is 0 Å². The Hall–Kier alpha value is -1.47. The van der Waals surface area contributed by atoms with Crippen molar-refractivity contribution in [3.8, 4) is 0 Å². The van der Waals surface area contributed by atoms with Crippen molar-refractivity contribution < 1.29 is 14.1 Å². The van der Waals surface area contributed by atoms with Gasteiger partial charge in [-0.1, -0.05) is 32.9 Å². The van der Waals surface area contributed by atoms with E-state index in [4.69, 9.17) is 14.2 Å². The summed E-state index contributed by atoms with van der Waals surface area (Å²) in [5, 5.41) is 7.74. The molecule has 1 saturated carbocycles. The molecule has 4 heterocycles. The molecule has 3 aliphatic heterocycles. The summed E-state index contributed by atoms with van der Waals surface area (Å²) >= 11 is 0. The normalized spacial score (nSPS) is 33.3. The number of carbonyl (C=O) groups excluding carboxylic acids is 1. The Bertz CT molecular complexity index is 774. The summed E-state index contributed by atoms with van der Waals surface area (Å²) < 4.78 is 11.5. The number of rotatable bonds is 4. The highest BCUT2D eigenvalue weighted by Crippen LogP contribution is 2.50. The van der Waals surface area contributed by atoms with Gasteiger partial charge < -0.3 is 19.5 Å². The van der Waals surface area contributed by atoms with Gasteiger partial charge in [-0.25, -0.2) is 0 Å². The predicted octanol–water partition coefficient (Wildman–Crippen LogP) is 2.62. The summed E-state index contributed by atoms with van der Waals surface area (Å²) in [5.41, 5.74) is 0.174. The number of ether oxygens (including phenoxy) is 1. The molecule has 7 nitrogen and oxygen atoms in total. The fourth-order valence-electron chi connectivity index (χ4n) is 5.66. The maximum absolute atomic E-state index is 13.0. The van der Waals surface area contributed by atoms with Gasteiger partial charge in [0, 0.05) is 32.0 Å². The highest BCUT2D eigenvalue weighted by atomic mass is 16.5. The van der Waals surface area contributed by atoms with E-state index in [0.29, 0.717) is 30.3 Å². The van der Waals surface area contributed by atoms with Gasteiger partial charge in [-0.05, 0) is 37.0 Å². The Morgan fingerprint density at radius 1 is 1.24 bits per heavy atom. The monoisotopic (exact) mass is 402 g/mol. The number of piperidine rings is 1. The number of amides is 1. The molecule has 0 radical (unpaired) electrons. The maximum atomic E-state index is 13.0. The number of nitrogens with one attached hydrogen (secondary N) is 1. The number of aromatic nitrogens is 2. The molecule has 7 heteroatoms. The van der Waals surface area contributed by atoms with Gasteiger partial charge in [0.15, 0.2) is 5.82 Å². The third-order valence-electron chi connectivity index (χ3n) is 8.02. The van der Waals surface area contributed by atoms with E-state index >= 15 is 0 Å². The number of nitrogens with zero attached hydrogens (tertiary/aromatic N) is 3. The zero-order valence-corrected chi connectivity index (χ0v) is 18.2. The number of hydrogen-bond donors (Lipinski definition) is 1. The van der Waals surface area contributed by atoms with E-state index in [-0.39, 0.29) is 23.0 Å². The SMILES string of the molecule is CC(C)C1(c2nc(C3CC(C)(C)C3)no2)CN(C(=O)[C@@H]2CC[C@@]3(CCO3)CN2)C1. The molecule has 29 heavy (non-hydrogen) atoms. The standard InChI is InChI=1S/C22H34N4O3/c1-14(2)22(19-24-17(25-29-19)15-9-20(3,4)10-15)12-26(13-22)18(27)16-5-6-21(11-23-16)7-8-28-21/h14-16,23H,5-13H2,1-4H3/t16-,21+/m0/s1. The van der Waals surface area contributed by atoms with Gasteiger partial charge in [0.1, 0.15) is 0 Å². The van der Waals surface area contributed by atoms with Crippen LogP contribution in [0.25, 0.3) is 0 Å². The summed E-state index contributed by atoms with van der Waals surface area (Å²) in [6, 6.07) is -0.0922. The molecule has 3 saturated heterocycles. The Morgan fingerprint density at radius 3 is 2.48 bits per heavy atom. The second-order valence-electron chi connectivity index (χ2n) is 11.0. The van der Waals surface area contributed by atoms with E-state index in [1.807, 2.05) is 4.90 Å². The van der Waals surface area contributed by atoms with E-state index in [0.717, 1.165) is 57.0 Å². The molecule has 1 aliphatic carbocycles. The average Bonchev–Trinajstić information content (AvgIpc) is 3.07. The molecule has 1 amide bonds. The molecule has 0 bridgehead atoms. The molecule has 1 aromatic heterocycles. The van der Waals surface area contributed by atoms with Crippen LogP contribution in [0.4, 0.5) is 0 Å². The molecule has 160 valence electrons. The van der Waals surface area contributed by atoms with Crippen LogP contribution in [0.15, 0.2) is 4.52 Å². The van der Waals surface area contributed by atoms with Gasteiger partial charge in [0.25, 0.3) is 0 Å². The Kier molecular flexibility index (Phi) is 4.38. The van der Waals surface area contributed by atoms with E-state index in [2.05, 4.69) is 38.2 Å². The van der Waals surface area contributed by atoms with Crippen LogP contribution in [0, 0.1) is 11.3 Å². The second kappa shape index (κ2) is 6.51. The number of hydrogen-bond acceptors (Lipinski definition) is 6. The van der Waals surface area contributed by atoms with Crippen molar-refractivity contribution >= 4 is 5.91 Å². The van der Waals surface area contributed by atoms with Crippen molar-refractivity contribution in [3.05, 3.63) is 11.7 Å². The first-order valence-corrected chi connectivity index (χ1v) is 11.2. The molecule has 0 aromatic carbocycles. The van der Waals surface area contributed by atoms with Crippen molar-refractivity contribution in [3.63, 3.8) is 0 Å². The second-order valence-corrected chi connectivity index (χ2v) is 11.0. The van der Waals surface area contributed by atoms with Gasteiger partial charge >= 0.3 is 0 Å². The van der Waals surface area contributed by atoms with Crippen LogP contribution in [-0.4, -0.2) is 58.8 Å². The van der Waals surface area contributed by atoms with Gasteiger partial charge in [-0.2, -0.15) is 4.98 Å². The van der Waals surface area contributed by atoms with Crippen molar-refractivity contribution in [2.75, 3.05) is 26.2 Å². The largest absolute Gasteiger partial charge is 0.373 e. The minimum atomic E-state index is -0.215. The van der Waals surface area contributed by atoms with Crippen molar-refractivity contribution in [2.45, 2.75) is 82.8 Å². The lowest BCUT2D eigenvalue weighted by Crippen LogP contribution is -2.68. The molecular weight excluding hydrogens is 368 g/mol. The fourth-order valence-corrected chi connectivity index (χ4v) is 5.66. The molecule has 1 N–H and O–H groups in total. The minimum Gasteiger partial charge on any atom is -0.373 e. The summed E-state index contributed by atoms with van der Waals surface area (Å²) in [4.78, 5) is 19.8. The Labute approximate surface area is 172 Å². The first-order valence-electron chi connectivity index (χ1n) is 11.2. The van der Waals surface area contributed by atoms with Crippen LogP contribution in [0.3, 0.4) is 0 Å². The lowest BCUT2D eigenvalue weighted by atomic mass is 9.64. The number of carbonyl (C=O) groups is 1. The molecule has 4 fully saturated rings. The Balaban J connectivity index is 1.22. The summed E-state index contributed by atoms with van der Waals surface area (Å²) in [6.45, 7) is 11.9. The zero-order valence-electron chi connectivity index (χ0n) is 18.2. The minimum absolute atomic E-state index is 0.00364. The number of likely N-dealkylation sites (tertiary alicyclic amines) is 1. The van der Waals surface area contributed by atoms with Crippen LogP contribution in [0.5, 0.6) is 0 Å². The third kappa shape index (κ3) is 3.12. The third-order valence-corrected chi connectivity index (χ3v) is 8.02. The lowest BCUT2D eigenvalue weighted by Gasteiger charge is -2.52. The quantitative estimate of drug-likeness (QED) is 0.834. The molecular formula is C22H34N4O3. The topological polar surface area (TPSA) is 80.5 Å². The van der Waals surface area contributed by atoms with Crippen molar-refractivity contribution in [1.29, 1.82) is 0 Å². The molecule has 1 spiro atoms. The summed E-state index contributed by atoms with van der Waals surface area (Å²) in [6.07, 6.45) is 5.17. The van der Waals surface area contributed by atoms with Crippen LogP contribution in [0.2, 0.25) is 0 Å². The first-order chi connectivity index (χ1) is 13.7. The van der Waals surface area contributed by atoms with E-state index in [1.54, 1.807) is 0 Å². The van der Waals surface area contributed by atoms with Crippen molar-refractivity contribution in [2.24, 2.45) is 11.3 Å². The van der Waals surface area contributed by atoms with Crippen LogP contribution < -0.4 is 5.32 Å².